The molecule has 1 aromatic heterocycles. The van der Waals surface area contributed by atoms with Crippen LogP contribution in [-0.2, 0) is 0 Å². The molecule has 0 bridgehead atoms. The van der Waals surface area contributed by atoms with Crippen LogP contribution >= 0.6 is 0 Å². The second-order valence-electron chi connectivity index (χ2n) is 3.65. The van der Waals surface area contributed by atoms with Crippen molar-refractivity contribution in [3.05, 3.63) is 24.5 Å². The molecule has 1 heterocycles. The van der Waals surface area contributed by atoms with Crippen molar-refractivity contribution in [2.45, 2.75) is 37.8 Å². The van der Waals surface area contributed by atoms with E-state index < -0.39 is 0 Å². The van der Waals surface area contributed by atoms with E-state index in [1.54, 1.807) is 0 Å². The molecule has 1 aliphatic rings. The first kappa shape index (κ1) is 10.6. The van der Waals surface area contributed by atoms with Crippen molar-refractivity contribution in [1.82, 2.24) is 4.57 Å². The molecule has 74 valence electrons. The molecule has 1 saturated carbocycles. The highest BCUT2D eigenvalue weighted by molar-refractivity contribution is 4.96. The van der Waals surface area contributed by atoms with E-state index >= 15 is 0 Å². The summed E-state index contributed by atoms with van der Waals surface area (Å²) in [4.78, 5) is 0. The van der Waals surface area contributed by atoms with Crippen molar-refractivity contribution in [2.75, 3.05) is 0 Å². The van der Waals surface area contributed by atoms with E-state index in [0.29, 0.717) is 12.1 Å². The van der Waals surface area contributed by atoms with Crippen LogP contribution in [0.2, 0.25) is 0 Å². The minimum absolute atomic E-state index is 0. The smallest absolute Gasteiger partial charge is 1.00 e. The van der Waals surface area contributed by atoms with E-state index in [0.717, 1.165) is 0 Å². The highest BCUT2D eigenvalue weighted by Crippen LogP contribution is 2.26. The molecule has 2 nitrogen and oxygen atoms in total. The lowest BCUT2D eigenvalue weighted by atomic mass is 9.91. The summed E-state index contributed by atoms with van der Waals surface area (Å²) < 4.78 is 2.25. The average Bonchev–Trinajstić information content (AvgIpc) is 2.57. The Morgan fingerprint density at radius 2 is 1.77 bits per heavy atom. The van der Waals surface area contributed by atoms with Crippen LogP contribution < -0.4 is 18.1 Å². The van der Waals surface area contributed by atoms with Gasteiger partial charge in [-0.3, -0.25) is 0 Å². The molecule has 2 N–H and O–H groups in total. The fraction of sp³-hybridized carbons (Fsp3) is 0.600. The molecule has 3 heteroatoms. The fourth-order valence-electron chi connectivity index (χ4n) is 2.08. The lowest BCUT2D eigenvalue weighted by molar-refractivity contribution is -0.00000263. The minimum Gasteiger partial charge on any atom is -1.00 e. The van der Waals surface area contributed by atoms with Crippen molar-refractivity contribution in [2.24, 2.45) is 5.73 Å². The maximum Gasteiger partial charge on any atom is 1.00 e. The predicted octanol–water partition coefficient (Wildman–Crippen LogP) is -0.953. The third-order valence-electron chi connectivity index (χ3n) is 2.79. The summed E-state index contributed by atoms with van der Waals surface area (Å²) in [5, 5.41) is 0. The normalized spacial score (nSPS) is 28.1. The van der Waals surface area contributed by atoms with Gasteiger partial charge in [0, 0.05) is 24.5 Å². The van der Waals surface area contributed by atoms with Gasteiger partial charge in [-0.05, 0) is 25.0 Å². The largest absolute Gasteiger partial charge is 1.00 e. The SMILES string of the molecule is N[C@H]1CCCC[C@@H]1n1cccc1.[Cl-].[H+]. The first-order valence-electron chi connectivity index (χ1n) is 4.76. The molecule has 0 spiro atoms. The van der Waals surface area contributed by atoms with Crippen LogP contribution in [0.25, 0.3) is 0 Å². The van der Waals surface area contributed by atoms with E-state index in [1.165, 1.54) is 25.7 Å². The number of halogens is 1. The number of nitrogens with two attached hydrogens (primary N) is 1. The maximum atomic E-state index is 6.05. The van der Waals surface area contributed by atoms with E-state index in [1.807, 2.05) is 0 Å². The van der Waals surface area contributed by atoms with Gasteiger partial charge in [0.05, 0.1) is 0 Å². The zero-order valence-corrected chi connectivity index (χ0v) is 8.45. The molecule has 0 unspecified atom stereocenters. The first-order chi connectivity index (χ1) is 5.88. The lowest BCUT2D eigenvalue weighted by Crippen LogP contribution is -3.00. The summed E-state index contributed by atoms with van der Waals surface area (Å²) in [5.74, 6) is 0. The van der Waals surface area contributed by atoms with Gasteiger partial charge in [0.25, 0.3) is 0 Å². The zero-order valence-electron chi connectivity index (χ0n) is 8.70. The Bertz CT molecular complexity index is 238. The Labute approximate surface area is 87.0 Å². The van der Waals surface area contributed by atoms with Crippen LogP contribution in [0.5, 0.6) is 0 Å². The fourth-order valence-corrected chi connectivity index (χ4v) is 2.08. The van der Waals surface area contributed by atoms with Crippen LogP contribution in [0.3, 0.4) is 0 Å². The van der Waals surface area contributed by atoms with Crippen molar-refractivity contribution >= 4 is 0 Å². The number of hydrogen-bond donors (Lipinski definition) is 1. The molecule has 1 fully saturated rings. The van der Waals surface area contributed by atoms with Crippen molar-refractivity contribution < 1.29 is 13.8 Å². The van der Waals surface area contributed by atoms with Crippen molar-refractivity contribution in [3.63, 3.8) is 0 Å². The first-order valence-corrected chi connectivity index (χ1v) is 4.76. The van der Waals surface area contributed by atoms with Crippen LogP contribution in [0.1, 0.15) is 33.2 Å². The number of rotatable bonds is 1. The zero-order chi connectivity index (χ0) is 8.39. The third kappa shape index (κ3) is 2.26. The molecule has 1 aliphatic carbocycles. The summed E-state index contributed by atoms with van der Waals surface area (Å²) in [6.45, 7) is 0. The molecule has 2 atom stereocenters. The van der Waals surface area contributed by atoms with E-state index in [-0.39, 0.29) is 13.8 Å². The van der Waals surface area contributed by atoms with Crippen molar-refractivity contribution in [1.29, 1.82) is 0 Å². The van der Waals surface area contributed by atoms with Gasteiger partial charge in [0.2, 0.25) is 0 Å². The Balaban J connectivity index is 0.000000845. The Kier molecular flexibility index (Phi) is 3.82. The minimum atomic E-state index is 0. The van der Waals surface area contributed by atoms with E-state index in [4.69, 9.17) is 5.73 Å². The molecule has 13 heavy (non-hydrogen) atoms. The van der Waals surface area contributed by atoms with Gasteiger partial charge in [0.1, 0.15) is 0 Å². The Morgan fingerprint density at radius 3 is 2.38 bits per heavy atom. The highest BCUT2D eigenvalue weighted by Gasteiger charge is 2.21. The summed E-state index contributed by atoms with van der Waals surface area (Å²) in [6.07, 6.45) is 9.31. The van der Waals surface area contributed by atoms with Gasteiger partial charge in [-0.1, -0.05) is 12.8 Å². The number of nitrogens with zero attached hydrogens (tertiary/aromatic N) is 1. The van der Waals surface area contributed by atoms with Gasteiger partial charge in [0.15, 0.2) is 0 Å². The second-order valence-corrected chi connectivity index (χ2v) is 3.65. The maximum absolute atomic E-state index is 6.05. The third-order valence-corrected chi connectivity index (χ3v) is 2.79. The van der Waals surface area contributed by atoms with Crippen molar-refractivity contribution in [3.8, 4) is 0 Å². The van der Waals surface area contributed by atoms with Crippen LogP contribution in [-0.4, -0.2) is 10.6 Å². The molecule has 0 amide bonds. The summed E-state index contributed by atoms with van der Waals surface area (Å²) in [5.41, 5.74) is 6.05. The van der Waals surface area contributed by atoms with Crippen LogP contribution in [0, 0.1) is 0 Å². The van der Waals surface area contributed by atoms with E-state index in [9.17, 15) is 0 Å². The van der Waals surface area contributed by atoms with Crippen LogP contribution in [0.4, 0.5) is 0 Å². The topological polar surface area (TPSA) is 30.9 Å². The number of aromatic nitrogens is 1. The Morgan fingerprint density at radius 1 is 1.15 bits per heavy atom. The molecule has 0 aromatic carbocycles. The monoisotopic (exact) mass is 200 g/mol. The summed E-state index contributed by atoms with van der Waals surface area (Å²) >= 11 is 0. The summed E-state index contributed by atoms with van der Waals surface area (Å²) in [6, 6.07) is 5.06. The summed E-state index contributed by atoms with van der Waals surface area (Å²) in [7, 11) is 0. The van der Waals surface area contributed by atoms with E-state index in [2.05, 4.69) is 29.1 Å². The molecular weight excluding hydrogens is 184 g/mol. The van der Waals surface area contributed by atoms with Crippen LogP contribution in [0.15, 0.2) is 24.5 Å². The van der Waals surface area contributed by atoms with Gasteiger partial charge >= 0.3 is 1.43 Å². The Hall–Kier alpha value is -0.470. The van der Waals surface area contributed by atoms with Gasteiger partial charge in [-0.25, -0.2) is 0 Å². The number of hydrogen-bond acceptors (Lipinski definition) is 1. The van der Waals surface area contributed by atoms with Gasteiger partial charge in [-0.15, -0.1) is 0 Å². The second kappa shape index (κ2) is 4.68. The standard InChI is InChI=1S/C10H16N2.ClH/c11-9-5-1-2-6-10(9)12-7-3-4-8-12;/h3-4,7-10H,1-2,5-6,11H2;1H/t9-,10-;/m0./s1. The highest BCUT2D eigenvalue weighted by atomic mass is 35.5. The quantitative estimate of drug-likeness (QED) is 0.623. The van der Waals surface area contributed by atoms with Gasteiger partial charge < -0.3 is 22.7 Å². The molecule has 0 radical (unpaired) electrons. The predicted molar refractivity (Wildman–Crippen MR) is 51.0 cm³/mol. The molecule has 0 aliphatic heterocycles. The molecule has 1 aromatic rings. The molecule has 2 rings (SSSR count). The average molecular weight is 201 g/mol. The lowest BCUT2D eigenvalue weighted by Gasteiger charge is -2.29. The molecule has 0 saturated heterocycles. The molecular formula is C10H17ClN2. The van der Waals surface area contributed by atoms with Gasteiger partial charge in [-0.2, -0.15) is 0 Å².